The SMILES string of the molecule is NS(=O)(=O)C1CCC(CCc2ccccc2)NC1. The first-order valence-corrected chi connectivity index (χ1v) is 7.95. The van der Waals surface area contributed by atoms with Gasteiger partial charge in [-0.25, -0.2) is 13.6 Å². The highest BCUT2D eigenvalue weighted by molar-refractivity contribution is 7.89. The van der Waals surface area contributed by atoms with Crippen LogP contribution in [0, 0.1) is 0 Å². The van der Waals surface area contributed by atoms with Gasteiger partial charge in [-0.3, -0.25) is 0 Å². The molecule has 0 aromatic heterocycles. The summed E-state index contributed by atoms with van der Waals surface area (Å²) < 4.78 is 22.4. The molecule has 2 unspecified atom stereocenters. The number of nitrogens with two attached hydrogens (primary N) is 1. The summed E-state index contributed by atoms with van der Waals surface area (Å²) in [5, 5.41) is 8.03. The van der Waals surface area contributed by atoms with Gasteiger partial charge in [0.1, 0.15) is 0 Å². The Morgan fingerprint density at radius 3 is 2.50 bits per heavy atom. The van der Waals surface area contributed by atoms with Gasteiger partial charge in [-0.1, -0.05) is 30.3 Å². The van der Waals surface area contributed by atoms with Gasteiger partial charge in [0.2, 0.25) is 10.0 Å². The van der Waals surface area contributed by atoms with Gasteiger partial charge < -0.3 is 5.32 Å². The van der Waals surface area contributed by atoms with Crippen molar-refractivity contribution in [3.05, 3.63) is 35.9 Å². The first kappa shape index (κ1) is 13.5. The zero-order valence-electron chi connectivity index (χ0n) is 10.4. The molecule has 1 heterocycles. The van der Waals surface area contributed by atoms with Gasteiger partial charge >= 0.3 is 0 Å². The average molecular weight is 268 g/mol. The Morgan fingerprint density at radius 1 is 1.22 bits per heavy atom. The number of rotatable bonds is 4. The van der Waals surface area contributed by atoms with Crippen molar-refractivity contribution in [1.29, 1.82) is 0 Å². The standard InChI is InChI=1S/C13H20N2O2S/c14-18(16,17)13-9-8-12(15-10-13)7-6-11-4-2-1-3-5-11/h1-5,12-13,15H,6-10H2,(H2,14,16,17). The molecule has 5 heteroatoms. The van der Waals surface area contributed by atoms with E-state index in [1.165, 1.54) is 5.56 Å². The lowest BCUT2D eigenvalue weighted by Crippen LogP contribution is -2.46. The summed E-state index contributed by atoms with van der Waals surface area (Å²) >= 11 is 0. The van der Waals surface area contributed by atoms with E-state index in [2.05, 4.69) is 17.4 Å². The fourth-order valence-corrected chi connectivity index (χ4v) is 3.19. The molecule has 2 atom stereocenters. The van der Waals surface area contributed by atoms with Crippen LogP contribution in [0.15, 0.2) is 30.3 Å². The molecule has 1 aliphatic heterocycles. The summed E-state index contributed by atoms with van der Waals surface area (Å²) in [5.41, 5.74) is 1.33. The Morgan fingerprint density at radius 2 is 1.94 bits per heavy atom. The van der Waals surface area contributed by atoms with E-state index in [0.29, 0.717) is 19.0 Å². The highest BCUT2D eigenvalue weighted by Crippen LogP contribution is 2.17. The maximum absolute atomic E-state index is 11.2. The van der Waals surface area contributed by atoms with Crippen molar-refractivity contribution < 1.29 is 8.42 Å². The molecule has 2 rings (SSSR count). The van der Waals surface area contributed by atoms with E-state index >= 15 is 0 Å². The van der Waals surface area contributed by atoms with Gasteiger partial charge in [0, 0.05) is 12.6 Å². The molecule has 1 aromatic carbocycles. The van der Waals surface area contributed by atoms with Crippen molar-refractivity contribution in [2.45, 2.75) is 37.0 Å². The van der Waals surface area contributed by atoms with E-state index in [1.807, 2.05) is 18.2 Å². The number of primary sulfonamides is 1. The van der Waals surface area contributed by atoms with Crippen molar-refractivity contribution in [3.63, 3.8) is 0 Å². The summed E-state index contributed by atoms with van der Waals surface area (Å²) in [7, 11) is -3.38. The van der Waals surface area contributed by atoms with Crippen LogP contribution in [0.1, 0.15) is 24.8 Å². The lowest BCUT2D eigenvalue weighted by Gasteiger charge is -2.28. The zero-order valence-corrected chi connectivity index (χ0v) is 11.2. The molecule has 0 spiro atoms. The monoisotopic (exact) mass is 268 g/mol. The molecule has 1 saturated heterocycles. The Bertz CT molecular complexity index is 465. The second-order valence-electron chi connectivity index (χ2n) is 4.92. The smallest absolute Gasteiger partial charge is 0.213 e. The van der Waals surface area contributed by atoms with Crippen molar-refractivity contribution in [1.82, 2.24) is 5.32 Å². The first-order chi connectivity index (χ1) is 8.55. The summed E-state index contributed by atoms with van der Waals surface area (Å²) in [5.74, 6) is 0. The molecule has 0 aliphatic carbocycles. The number of benzene rings is 1. The van der Waals surface area contributed by atoms with Crippen LogP contribution in [-0.4, -0.2) is 26.3 Å². The zero-order chi connectivity index (χ0) is 13.0. The molecule has 100 valence electrons. The van der Waals surface area contributed by atoms with E-state index in [9.17, 15) is 8.42 Å². The van der Waals surface area contributed by atoms with Crippen molar-refractivity contribution in [2.24, 2.45) is 5.14 Å². The van der Waals surface area contributed by atoms with E-state index in [-0.39, 0.29) is 0 Å². The molecule has 18 heavy (non-hydrogen) atoms. The van der Waals surface area contributed by atoms with Gasteiger partial charge in [0.25, 0.3) is 0 Å². The third kappa shape index (κ3) is 3.80. The van der Waals surface area contributed by atoms with Crippen molar-refractivity contribution in [2.75, 3.05) is 6.54 Å². The van der Waals surface area contributed by atoms with Gasteiger partial charge in [-0.05, 0) is 31.2 Å². The predicted octanol–water partition coefficient (Wildman–Crippen LogP) is 1.03. The van der Waals surface area contributed by atoms with E-state index < -0.39 is 15.3 Å². The molecule has 0 bridgehead atoms. The summed E-state index contributed by atoms with van der Waals surface area (Å²) in [6.07, 6.45) is 3.62. The fourth-order valence-electron chi connectivity index (χ4n) is 2.40. The highest BCUT2D eigenvalue weighted by atomic mass is 32.2. The molecule has 1 fully saturated rings. The minimum Gasteiger partial charge on any atom is -0.313 e. The predicted molar refractivity (Wildman–Crippen MR) is 72.7 cm³/mol. The summed E-state index contributed by atoms with van der Waals surface area (Å²) in [6.45, 7) is 0.484. The molecule has 1 aliphatic rings. The number of sulfonamides is 1. The number of nitrogens with one attached hydrogen (secondary N) is 1. The van der Waals surface area contributed by atoms with Crippen LogP contribution in [0.3, 0.4) is 0 Å². The number of hydrogen-bond acceptors (Lipinski definition) is 3. The maximum Gasteiger partial charge on any atom is 0.213 e. The second kappa shape index (κ2) is 5.82. The Balaban J connectivity index is 1.78. The van der Waals surface area contributed by atoms with Crippen molar-refractivity contribution >= 4 is 10.0 Å². The molecular formula is C13H20N2O2S. The number of aryl methyl sites for hydroxylation is 1. The van der Waals surface area contributed by atoms with Crippen LogP contribution < -0.4 is 10.5 Å². The van der Waals surface area contributed by atoms with Crippen LogP contribution in [0.4, 0.5) is 0 Å². The lowest BCUT2D eigenvalue weighted by molar-refractivity contribution is 0.380. The Hall–Kier alpha value is -0.910. The summed E-state index contributed by atoms with van der Waals surface area (Å²) in [4.78, 5) is 0. The summed E-state index contributed by atoms with van der Waals surface area (Å²) in [6, 6.07) is 10.7. The fraction of sp³-hybridized carbons (Fsp3) is 0.538. The third-order valence-corrected chi connectivity index (χ3v) is 4.89. The van der Waals surface area contributed by atoms with Crippen molar-refractivity contribution in [3.8, 4) is 0 Å². The van der Waals surface area contributed by atoms with Crippen LogP contribution in [0.25, 0.3) is 0 Å². The van der Waals surface area contributed by atoms with Gasteiger partial charge in [-0.2, -0.15) is 0 Å². The average Bonchev–Trinajstić information content (AvgIpc) is 2.37. The quantitative estimate of drug-likeness (QED) is 0.856. The second-order valence-corrected chi connectivity index (χ2v) is 6.76. The highest BCUT2D eigenvalue weighted by Gasteiger charge is 2.27. The van der Waals surface area contributed by atoms with E-state index in [1.54, 1.807) is 0 Å². The molecule has 0 saturated carbocycles. The molecule has 4 nitrogen and oxygen atoms in total. The van der Waals surface area contributed by atoms with Crippen LogP contribution in [-0.2, 0) is 16.4 Å². The number of hydrogen-bond donors (Lipinski definition) is 2. The first-order valence-electron chi connectivity index (χ1n) is 6.34. The molecular weight excluding hydrogens is 248 g/mol. The molecule has 0 radical (unpaired) electrons. The van der Waals surface area contributed by atoms with Gasteiger partial charge in [0.15, 0.2) is 0 Å². The maximum atomic E-state index is 11.2. The molecule has 3 N–H and O–H groups in total. The third-order valence-electron chi connectivity index (χ3n) is 3.56. The minimum absolute atomic E-state index is 0.406. The van der Waals surface area contributed by atoms with E-state index in [0.717, 1.165) is 19.3 Å². The number of piperidine rings is 1. The van der Waals surface area contributed by atoms with Crippen LogP contribution >= 0.6 is 0 Å². The Labute approximate surface area is 109 Å². The van der Waals surface area contributed by atoms with Gasteiger partial charge in [-0.15, -0.1) is 0 Å². The lowest BCUT2D eigenvalue weighted by atomic mass is 9.98. The largest absolute Gasteiger partial charge is 0.313 e. The topological polar surface area (TPSA) is 72.2 Å². The van der Waals surface area contributed by atoms with Gasteiger partial charge in [0.05, 0.1) is 5.25 Å². The van der Waals surface area contributed by atoms with E-state index in [4.69, 9.17) is 5.14 Å². The van der Waals surface area contributed by atoms with Crippen LogP contribution in [0.2, 0.25) is 0 Å². The molecule has 0 amide bonds. The van der Waals surface area contributed by atoms with Crippen LogP contribution in [0.5, 0.6) is 0 Å². The normalized spacial score (nSPS) is 24.9. The molecule has 1 aromatic rings. The minimum atomic E-state index is -3.38. The Kier molecular flexibility index (Phi) is 4.37.